The zero-order valence-electron chi connectivity index (χ0n) is 27.6. The van der Waals surface area contributed by atoms with Crippen LogP contribution in [-0.4, -0.2) is 24.8 Å². The fourth-order valence-corrected chi connectivity index (χ4v) is 7.32. The standard InChI is InChI=1S/C45H31N6/c1-4-15-34(16-5-1)49-26-14-23-39-43(49)30-40(46-39)31-27-32(44-47-37-21-10-12-24-41(37)50(44)35-17-6-2-7-18-35)29-33(28-31)45-48-38-22-11-13-25-42(38)51(45)36-19-8-3-9-20-36/h1-29H,30H2/q+1. The van der Waals surface area contributed by atoms with E-state index in [1.807, 2.05) is 30.3 Å². The van der Waals surface area contributed by atoms with Gasteiger partial charge in [-0.2, -0.15) is 4.57 Å². The normalized spacial score (nSPS) is 12.4. The van der Waals surface area contributed by atoms with Crippen molar-refractivity contribution in [1.29, 1.82) is 0 Å². The molecule has 9 aromatic rings. The maximum Gasteiger partial charge on any atom is 0.219 e. The van der Waals surface area contributed by atoms with Crippen molar-refractivity contribution in [2.24, 2.45) is 4.99 Å². The van der Waals surface area contributed by atoms with Gasteiger partial charge in [0.05, 0.1) is 34.2 Å². The second kappa shape index (κ2) is 11.9. The molecule has 0 spiro atoms. The summed E-state index contributed by atoms with van der Waals surface area (Å²) in [6.45, 7) is 0. The van der Waals surface area contributed by atoms with Crippen LogP contribution in [0.15, 0.2) is 181 Å². The van der Waals surface area contributed by atoms with Crippen molar-refractivity contribution in [1.82, 2.24) is 19.1 Å². The van der Waals surface area contributed by atoms with Gasteiger partial charge in [-0.25, -0.2) is 15.0 Å². The molecule has 0 saturated carbocycles. The Bertz CT molecular complexity index is 2620. The number of hydrogen-bond acceptors (Lipinski definition) is 3. The molecule has 0 bridgehead atoms. The molecular weight excluding hydrogens is 625 g/mol. The molecule has 0 aliphatic carbocycles. The van der Waals surface area contributed by atoms with Gasteiger partial charge in [-0.1, -0.05) is 78.9 Å². The molecule has 0 radical (unpaired) electrons. The number of nitrogens with zero attached hydrogens (tertiary/aromatic N) is 6. The van der Waals surface area contributed by atoms with Crippen LogP contribution < -0.4 is 4.57 Å². The van der Waals surface area contributed by atoms with Gasteiger partial charge < -0.3 is 0 Å². The van der Waals surface area contributed by atoms with Crippen molar-refractivity contribution in [2.75, 3.05) is 0 Å². The minimum Gasteiger partial charge on any atom is -0.292 e. The number of fused-ring (bicyclic) bond motifs is 3. The molecule has 0 atom stereocenters. The number of aromatic nitrogens is 5. The summed E-state index contributed by atoms with van der Waals surface area (Å²) < 4.78 is 6.76. The number of aliphatic imine (C=N–C) groups is 1. The van der Waals surface area contributed by atoms with Gasteiger partial charge in [0.2, 0.25) is 11.4 Å². The van der Waals surface area contributed by atoms with Crippen LogP contribution in [0.1, 0.15) is 11.3 Å². The summed E-state index contributed by atoms with van der Waals surface area (Å²) in [5.41, 5.74) is 13.4. The Morgan fingerprint density at radius 1 is 0.471 bits per heavy atom. The number of imidazole rings is 2. The summed E-state index contributed by atoms with van der Waals surface area (Å²) in [7, 11) is 0. The molecule has 0 amide bonds. The first-order valence-corrected chi connectivity index (χ1v) is 17.2. The van der Waals surface area contributed by atoms with Crippen LogP contribution in [0.4, 0.5) is 5.69 Å². The predicted octanol–water partition coefficient (Wildman–Crippen LogP) is 9.65. The van der Waals surface area contributed by atoms with Crippen molar-refractivity contribution in [3.8, 4) is 39.8 Å². The molecule has 1 aliphatic rings. The molecule has 240 valence electrons. The maximum atomic E-state index is 5.27. The lowest BCUT2D eigenvalue weighted by Gasteiger charge is -2.14. The van der Waals surface area contributed by atoms with E-state index in [1.165, 1.54) is 5.69 Å². The third-order valence-electron chi connectivity index (χ3n) is 9.63. The molecule has 6 aromatic carbocycles. The van der Waals surface area contributed by atoms with Gasteiger partial charge in [0.15, 0.2) is 6.20 Å². The van der Waals surface area contributed by atoms with E-state index in [-0.39, 0.29) is 0 Å². The molecule has 1 aliphatic heterocycles. The summed E-state index contributed by atoms with van der Waals surface area (Å²) in [5, 5.41) is 0. The van der Waals surface area contributed by atoms with Crippen LogP contribution >= 0.6 is 0 Å². The Hall–Kier alpha value is -6.92. The van der Waals surface area contributed by atoms with Crippen LogP contribution in [0.3, 0.4) is 0 Å². The topological polar surface area (TPSA) is 51.9 Å². The van der Waals surface area contributed by atoms with Crippen LogP contribution in [0.2, 0.25) is 0 Å². The molecule has 0 fully saturated rings. The lowest BCUT2D eigenvalue weighted by Crippen LogP contribution is -2.35. The van der Waals surface area contributed by atoms with Gasteiger partial charge in [-0.15, -0.1) is 0 Å². The maximum absolute atomic E-state index is 5.27. The first-order valence-electron chi connectivity index (χ1n) is 17.2. The Morgan fingerprint density at radius 3 is 1.53 bits per heavy atom. The molecule has 10 rings (SSSR count). The van der Waals surface area contributed by atoms with Gasteiger partial charge in [0.25, 0.3) is 0 Å². The van der Waals surface area contributed by atoms with E-state index in [4.69, 9.17) is 15.0 Å². The molecule has 0 N–H and O–H groups in total. The first-order chi connectivity index (χ1) is 25.3. The number of rotatable bonds is 6. The second-order valence-electron chi connectivity index (χ2n) is 12.8. The third kappa shape index (κ3) is 4.96. The van der Waals surface area contributed by atoms with E-state index in [9.17, 15) is 0 Å². The van der Waals surface area contributed by atoms with Crippen molar-refractivity contribution in [3.63, 3.8) is 0 Å². The van der Waals surface area contributed by atoms with E-state index in [1.54, 1.807) is 0 Å². The highest BCUT2D eigenvalue weighted by Gasteiger charge is 2.28. The summed E-state index contributed by atoms with van der Waals surface area (Å²) >= 11 is 0. The molecular formula is C45H31N6+. The van der Waals surface area contributed by atoms with Gasteiger partial charge in [-0.3, -0.25) is 9.13 Å². The van der Waals surface area contributed by atoms with Crippen molar-refractivity contribution >= 4 is 33.5 Å². The minimum atomic E-state index is 0.693. The highest BCUT2D eigenvalue weighted by molar-refractivity contribution is 6.07. The Morgan fingerprint density at radius 2 is 0.961 bits per heavy atom. The van der Waals surface area contributed by atoms with Gasteiger partial charge >= 0.3 is 0 Å². The molecule has 51 heavy (non-hydrogen) atoms. The average Bonchev–Trinajstić information content (AvgIpc) is 3.93. The third-order valence-corrected chi connectivity index (χ3v) is 9.63. The second-order valence-corrected chi connectivity index (χ2v) is 12.8. The highest BCUT2D eigenvalue weighted by Crippen LogP contribution is 2.36. The molecule has 3 aromatic heterocycles. The van der Waals surface area contributed by atoms with Gasteiger partial charge in [-0.05, 0) is 78.4 Å². The first kappa shape index (κ1) is 29.0. The lowest BCUT2D eigenvalue weighted by atomic mass is 9.99. The number of pyridine rings is 1. The Balaban J connectivity index is 1.22. The summed E-state index contributed by atoms with van der Waals surface area (Å²) in [5.74, 6) is 1.73. The van der Waals surface area contributed by atoms with Crippen molar-refractivity contribution in [2.45, 2.75) is 6.42 Å². The van der Waals surface area contributed by atoms with E-state index in [0.717, 1.165) is 78.9 Å². The number of para-hydroxylation sites is 7. The Labute approximate surface area is 294 Å². The zero-order valence-corrected chi connectivity index (χ0v) is 27.6. The highest BCUT2D eigenvalue weighted by atomic mass is 15.1. The average molecular weight is 656 g/mol. The zero-order chi connectivity index (χ0) is 33.7. The van der Waals surface area contributed by atoms with Crippen LogP contribution in [-0.2, 0) is 6.42 Å². The molecule has 4 heterocycles. The summed E-state index contributed by atoms with van der Waals surface area (Å²) in [4.78, 5) is 15.8. The van der Waals surface area contributed by atoms with E-state index < -0.39 is 0 Å². The minimum absolute atomic E-state index is 0.693. The van der Waals surface area contributed by atoms with Crippen molar-refractivity contribution in [3.05, 3.63) is 187 Å². The predicted molar refractivity (Wildman–Crippen MR) is 204 cm³/mol. The largest absolute Gasteiger partial charge is 0.292 e. The summed E-state index contributed by atoms with van der Waals surface area (Å²) in [6, 6.07) is 59.0. The Kier molecular flexibility index (Phi) is 6.77. The smallest absolute Gasteiger partial charge is 0.219 e. The molecule has 6 nitrogen and oxygen atoms in total. The fraction of sp³-hybridized carbons (Fsp3) is 0.0222. The fourth-order valence-electron chi connectivity index (χ4n) is 7.32. The van der Waals surface area contributed by atoms with Crippen LogP contribution in [0.5, 0.6) is 0 Å². The van der Waals surface area contributed by atoms with Gasteiger partial charge in [0, 0.05) is 40.7 Å². The van der Waals surface area contributed by atoms with Crippen LogP contribution in [0, 0.1) is 0 Å². The lowest BCUT2D eigenvalue weighted by molar-refractivity contribution is -0.602. The van der Waals surface area contributed by atoms with Gasteiger partial charge in [0.1, 0.15) is 17.3 Å². The molecule has 0 saturated heterocycles. The molecule has 6 heteroatoms. The summed E-state index contributed by atoms with van der Waals surface area (Å²) in [6.07, 6.45) is 2.82. The SMILES string of the molecule is c1ccc(-n2c(-c3cc(C4=Nc5ccc[n+](-c6ccccc6)c5C4)cc(-c4nc5ccccc5n4-c4ccccc4)c3)nc3ccccc32)cc1. The molecule has 0 unspecified atom stereocenters. The van der Waals surface area contributed by atoms with Crippen molar-refractivity contribution < 1.29 is 4.57 Å². The van der Waals surface area contributed by atoms with E-state index in [0.29, 0.717) is 6.42 Å². The quantitative estimate of drug-likeness (QED) is 0.168. The monoisotopic (exact) mass is 655 g/mol. The number of benzene rings is 6. The van der Waals surface area contributed by atoms with E-state index >= 15 is 0 Å². The van der Waals surface area contributed by atoms with Crippen LogP contribution in [0.25, 0.3) is 61.9 Å². The van der Waals surface area contributed by atoms with E-state index in [2.05, 4.69) is 159 Å². The number of hydrogen-bond donors (Lipinski definition) is 0.